The third-order valence-electron chi connectivity index (χ3n) is 5.71. The summed E-state index contributed by atoms with van der Waals surface area (Å²) in [5.41, 5.74) is 2.77. The lowest BCUT2D eigenvalue weighted by Gasteiger charge is -2.20. The van der Waals surface area contributed by atoms with Crippen molar-refractivity contribution in [1.82, 2.24) is 9.80 Å². The molecule has 2 saturated heterocycles. The molecule has 1 aromatic rings. The summed E-state index contributed by atoms with van der Waals surface area (Å²) in [6, 6.07) is 8.97. The predicted octanol–water partition coefficient (Wildman–Crippen LogP) is 2.19. The maximum Gasteiger partial charge on any atom is 0.248 e. The molecule has 0 aliphatic carbocycles. The van der Waals surface area contributed by atoms with E-state index in [2.05, 4.69) is 36.1 Å². The van der Waals surface area contributed by atoms with Gasteiger partial charge in [-0.3, -0.25) is 9.69 Å². The smallest absolute Gasteiger partial charge is 0.248 e. The van der Waals surface area contributed by atoms with E-state index in [0.29, 0.717) is 24.5 Å². The van der Waals surface area contributed by atoms with E-state index in [4.69, 9.17) is 9.47 Å². The Morgan fingerprint density at radius 3 is 2.65 bits per heavy atom. The minimum atomic E-state index is 0.0201. The molecule has 5 heteroatoms. The first-order chi connectivity index (χ1) is 12.6. The van der Waals surface area contributed by atoms with Gasteiger partial charge in [-0.05, 0) is 29.9 Å². The Bertz CT molecular complexity index is 587. The van der Waals surface area contributed by atoms with Crippen molar-refractivity contribution in [3.63, 3.8) is 0 Å². The summed E-state index contributed by atoms with van der Waals surface area (Å²) in [7, 11) is 3.51. The molecule has 5 nitrogen and oxygen atoms in total. The Morgan fingerprint density at radius 2 is 1.96 bits per heavy atom. The van der Waals surface area contributed by atoms with Crippen molar-refractivity contribution in [3.8, 4) is 0 Å². The number of carbonyl (C=O) groups is 1. The zero-order chi connectivity index (χ0) is 18.5. The highest BCUT2D eigenvalue weighted by atomic mass is 16.5. The molecular weight excluding hydrogens is 328 g/mol. The number of rotatable bonds is 8. The Balaban J connectivity index is 1.42. The van der Waals surface area contributed by atoms with Gasteiger partial charge in [-0.1, -0.05) is 31.2 Å². The number of hydrogen-bond donors (Lipinski definition) is 0. The second-order valence-electron chi connectivity index (χ2n) is 7.79. The second kappa shape index (κ2) is 8.98. The number of nitrogens with zero attached hydrogens (tertiary/aromatic N) is 2. The van der Waals surface area contributed by atoms with Crippen LogP contribution in [0.4, 0.5) is 0 Å². The Hall–Kier alpha value is -1.43. The molecule has 26 heavy (non-hydrogen) atoms. The molecule has 0 spiro atoms. The van der Waals surface area contributed by atoms with Crippen LogP contribution in [-0.2, 0) is 27.2 Å². The first kappa shape index (κ1) is 19.3. The molecule has 0 saturated carbocycles. The maximum absolute atomic E-state index is 11.5. The van der Waals surface area contributed by atoms with E-state index in [9.17, 15) is 4.79 Å². The molecular formula is C21H32N2O3. The van der Waals surface area contributed by atoms with Crippen molar-refractivity contribution in [2.45, 2.75) is 32.4 Å². The minimum absolute atomic E-state index is 0.0201. The number of ether oxygens (including phenoxy) is 2. The molecule has 144 valence electrons. The molecule has 2 aliphatic rings. The summed E-state index contributed by atoms with van der Waals surface area (Å²) in [5, 5.41) is 0. The van der Waals surface area contributed by atoms with Gasteiger partial charge in [-0.2, -0.15) is 0 Å². The molecule has 2 aliphatic heterocycles. The highest BCUT2D eigenvalue weighted by molar-refractivity contribution is 5.76. The van der Waals surface area contributed by atoms with Crippen LogP contribution in [0.1, 0.15) is 24.5 Å². The number of likely N-dealkylation sites (tertiary alicyclic amines) is 1. The fourth-order valence-electron chi connectivity index (χ4n) is 3.97. The fourth-order valence-corrected chi connectivity index (χ4v) is 3.97. The molecule has 0 aromatic heterocycles. The highest BCUT2D eigenvalue weighted by Gasteiger charge is 2.43. The molecule has 2 fully saturated rings. The third-order valence-corrected chi connectivity index (χ3v) is 5.71. The van der Waals surface area contributed by atoms with Crippen LogP contribution in [0.5, 0.6) is 0 Å². The normalized spacial score (nSPS) is 25.4. The summed E-state index contributed by atoms with van der Waals surface area (Å²) in [6.45, 7) is 6.95. The minimum Gasteiger partial charge on any atom is -0.376 e. The number of hydrogen-bond acceptors (Lipinski definition) is 4. The van der Waals surface area contributed by atoms with E-state index in [1.807, 2.05) is 0 Å². The van der Waals surface area contributed by atoms with E-state index < -0.39 is 0 Å². The van der Waals surface area contributed by atoms with Crippen molar-refractivity contribution in [2.24, 2.45) is 11.8 Å². The van der Waals surface area contributed by atoms with Crippen LogP contribution >= 0.6 is 0 Å². The summed E-state index contributed by atoms with van der Waals surface area (Å²) >= 11 is 0. The summed E-state index contributed by atoms with van der Waals surface area (Å²) in [4.78, 5) is 15.6. The first-order valence-electron chi connectivity index (χ1n) is 9.76. The van der Waals surface area contributed by atoms with Crippen molar-refractivity contribution >= 4 is 5.91 Å². The second-order valence-corrected chi connectivity index (χ2v) is 7.79. The lowest BCUT2D eigenvalue weighted by Crippen LogP contribution is -2.27. The fraction of sp³-hybridized carbons (Fsp3) is 0.667. The number of carbonyl (C=O) groups excluding carboxylic acids is 1. The van der Waals surface area contributed by atoms with E-state index >= 15 is 0 Å². The summed E-state index contributed by atoms with van der Waals surface area (Å²) < 4.78 is 11.6. The van der Waals surface area contributed by atoms with Crippen LogP contribution in [0, 0.1) is 11.8 Å². The molecule has 0 unspecified atom stereocenters. The van der Waals surface area contributed by atoms with E-state index in [1.165, 1.54) is 11.1 Å². The van der Waals surface area contributed by atoms with Gasteiger partial charge in [0.1, 0.15) is 6.61 Å². The molecule has 0 bridgehead atoms. The van der Waals surface area contributed by atoms with E-state index in [0.717, 1.165) is 39.1 Å². The average Bonchev–Trinajstić information content (AvgIpc) is 3.19. The van der Waals surface area contributed by atoms with Crippen LogP contribution in [0.3, 0.4) is 0 Å². The highest BCUT2D eigenvalue weighted by Crippen LogP contribution is 2.36. The monoisotopic (exact) mass is 360 g/mol. The van der Waals surface area contributed by atoms with Crippen molar-refractivity contribution in [1.29, 1.82) is 0 Å². The van der Waals surface area contributed by atoms with Crippen molar-refractivity contribution < 1.29 is 14.3 Å². The van der Waals surface area contributed by atoms with Gasteiger partial charge in [-0.25, -0.2) is 0 Å². The number of benzene rings is 1. The van der Waals surface area contributed by atoms with Gasteiger partial charge in [0.05, 0.1) is 12.7 Å². The molecule has 3 rings (SSSR count). The molecule has 1 amide bonds. The van der Waals surface area contributed by atoms with Gasteiger partial charge in [0, 0.05) is 46.3 Å². The van der Waals surface area contributed by atoms with Gasteiger partial charge in [0.25, 0.3) is 0 Å². The topological polar surface area (TPSA) is 42.0 Å². The molecule has 0 radical (unpaired) electrons. The maximum atomic E-state index is 11.5. The van der Waals surface area contributed by atoms with Gasteiger partial charge in [0.15, 0.2) is 0 Å². The number of aryl methyl sites for hydroxylation is 1. The van der Waals surface area contributed by atoms with Crippen molar-refractivity contribution in [2.75, 3.05) is 47.0 Å². The zero-order valence-corrected chi connectivity index (χ0v) is 16.3. The molecule has 2 heterocycles. The first-order valence-corrected chi connectivity index (χ1v) is 9.76. The number of amides is 1. The van der Waals surface area contributed by atoms with Gasteiger partial charge >= 0.3 is 0 Å². The number of likely N-dealkylation sites (N-methyl/N-ethyl adjacent to an activating group) is 1. The van der Waals surface area contributed by atoms with Crippen molar-refractivity contribution in [3.05, 3.63) is 35.4 Å². The zero-order valence-electron chi connectivity index (χ0n) is 16.3. The van der Waals surface area contributed by atoms with Crippen LogP contribution in [0.2, 0.25) is 0 Å². The van der Waals surface area contributed by atoms with Gasteiger partial charge < -0.3 is 14.4 Å². The molecule has 3 atom stereocenters. The van der Waals surface area contributed by atoms with Gasteiger partial charge in [0.2, 0.25) is 5.91 Å². The van der Waals surface area contributed by atoms with E-state index in [1.54, 1.807) is 19.0 Å². The Kier molecular flexibility index (Phi) is 6.68. The molecule has 1 aromatic carbocycles. The SMILES string of the molecule is CCc1ccc(CN2C[C@H]3[C@@H](CCOCC(=O)N(C)C)CO[C@H]3C2)cc1. The Labute approximate surface area is 157 Å². The van der Waals surface area contributed by atoms with E-state index in [-0.39, 0.29) is 12.5 Å². The van der Waals surface area contributed by atoms with Crippen LogP contribution in [0.25, 0.3) is 0 Å². The Morgan fingerprint density at radius 1 is 1.23 bits per heavy atom. The number of fused-ring (bicyclic) bond motifs is 1. The summed E-state index contributed by atoms with van der Waals surface area (Å²) in [6.07, 6.45) is 2.42. The van der Waals surface area contributed by atoms with Gasteiger partial charge in [-0.15, -0.1) is 0 Å². The average molecular weight is 360 g/mol. The third kappa shape index (κ3) is 4.84. The van der Waals surface area contributed by atoms with Crippen LogP contribution < -0.4 is 0 Å². The lowest BCUT2D eigenvalue weighted by atomic mass is 9.91. The lowest BCUT2D eigenvalue weighted by molar-refractivity contribution is -0.133. The van der Waals surface area contributed by atoms with Crippen LogP contribution in [0.15, 0.2) is 24.3 Å². The summed E-state index contributed by atoms with van der Waals surface area (Å²) in [5.74, 6) is 1.16. The quantitative estimate of drug-likeness (QED) is 0.667. The standard InChI is InChI=1S/C21H32N2O3/c1-4-16-5-7-17(8-6-16)11-23-12-19-18(14-26-20(19)13-23)9-10-25-15-21(24)22(2)3/h5-8,18-20H,4,9-15H2,1-3H3/t18-,19-,20-/m0/s1. The van der Waals surface area contributed by atoms with Crippen LogP contribution in [-0.4, -0.2) is 68.8 Å². The molecule has 0 N–H and O–H groups in total. The largest absolute Gasteiger partial charge is 0.376 e. The predicted molar refractivity (Wildman–Crippen MR) is 102 cm³/mol.